The molecule has 0 aromatic carbocycles. The van der Waals surface area contributed by atoms with Gasteiger partial charge in [0.25, 0.3) is 0 Å². The van der Waals surface area contributed by atoms with Crippen LogP contribution in [0.1, 0.15) is 87.0 Å². The standard InChI is InChI=1S/C20H32.C2H6/c1-14(2)15-7-9-17-16(13-15)8-10-18-19(3,4)11-6-12-20(17,18)5;1-2/h8,13-14,17-18H,6-7,9-12H2,1-5H3;1-2H3. The van der Waals surface area contributed by atoms with Crippen molar-refractivity contribution >= 4 is 0 Å². The molecule has 0 aliphatic heterocycles. The molecule has 3 atom stereocenters. The Hall–Kier alpha value is -0.520. The highest BCUT2D eigenvalue weighted by Gasteiger charge is 2.52. The van der Waals surface area contributed by atoms with Gasteiger partial charge in [0.05, 0.1) is 0 Å². The van der Waals surface area contributed by atoms with Gasteiger partial charge >= 0.3 is 0 Å². The molecule has 0 aromatic rings. The predicted octanol–water partition coefficient (Wildman–Crippen LogP) is 7.17. The summed E-state index contributed by atoms with van der Waals surface area (Å²) in [6.07, 6.45) is 13.5. The number of allylic oxidation sites excluding steroid dienone is 4. The molecule has 3 aliphatic rings. The van der Waals surface area contributed by atoms with Gasteiger partial charge in [-0.25, -0.2) is 0 Å². The normalized spacial score (nSPS) is 36.4. The lowest BCUT2D eigenvalue weighted by molar-refractivity contribution is -0.0389. The third-order valence-electron chi connectivity index (χ3n) is 6.88. The van der Waals surface area contributed by atoms with Crippen LogP contribution in [0.25, 0.3) is 0 Å². The molecule has 3 aliphatic carbocycles. The van der Waals surface area contributed by atoms with Crippen LogP contribution in [0.2, 0.25) is 0 Å². The minimum atomic E-state index is 0.539. The van der Waals surface area contributed by atoms with E-state index < -0.39 is 0 Å². The molecule has 3 rings (SSSR count). The third kappa shape index (κ3) is 2.95. The molecule has 0 saturated heterocycles. The molecule has 22 heavy (non-hydrogen) atoms. The van der Waals surface area contributed by atoms with Gasteiger partial charge in [0.1, 0.15) is 0 Å². The second-order valence-electron chi connectivity index (χ2n) is 8.81. The zero-order valence-corrected chi connectivity index (χ0v) is 16.1. The Balaban J connectivity index is 0.000000847. The van der Waals surface area contributed by atoms with Gasteiger partial charge in [0, 0.05) is 0 Å². The lowest BCUT2D eigenvalue weighted by Gasteiger charge is -2.57. The second-order valence-corrected chi connectivity index (χ2v) is 8.81. The summed E-state index contributed by atoms with van der Waals surface area (Å²) in [5.74, 6) is 2.46. The molecule has 0 bridgehead atoms. The van der Waals surface area contributed by atoms with E-state index in [-0.39, 0.29) is 0 Å². The first-order chi connectivity index (χ1) is 10.3. The SMILES string of the molecule is CC.CC(C)C1=CC2=CCC3C(C)(C)CCCC3(C)C2CC1. The predicted molar refractivity (Wildman–Crippen MR) is 98.9 cm³/mol. The molecule has 0 nitrogen and oxygen atoms in total. The number of fused-ring (bicyclic) bond motifs is 3. The highest BCUT2D eigenvalue weighted by Crippen LogP contribution is 2.61. The highest BCUT2D eigenvalue weighted by atomic mass is 14.6. The number of hydrogen-bond acceptors (Lipinski definition) is 0. The highest BCUT2D eigenvalue weighted by molar-refractivity contribution is 5.35. The Labute approximate surface area is 139 Å². The van der Waals surface area contributed by atoms with E-state index in [1.165, 1.54) is 38.5 Å². The van der Waals surface area contributed by atoms with Crippen LogP contribution in [-0.4, -0.2) is 0 Å². The van der Waals surface area contributed by atoms with Crippen molar-refractivity contribution in [2.24, 2.45) is 28.6 Å². The Kier molecular flexibility index (Phi) is 5.30. The first-order valence-electron chi connectivity index (χ1n) is 9.75. The summed E-state index contributed by atoms with van der Waals surface area (Å²) in [5, 5.41) is 0. The lowest BCUT2D eigenvalue weighted by atomic mass is 9.47. The Bertz CT molecular complexity index is 449. The van der Waals surface area contributed by atoms with E-state index in [1.54, 1.807) is 11.1 Å². The summed E-state index contributed by atoms with van der Waals surface area (Å²) in [7, 11) is 0. The largest absolute Gasteiger partial charge is 0.0807 e. The molecule has 0 N–H and O–H groups in total. The first kappa shape index (κ1) is 17.8. The molecule has 0 aromatic heterocycles. The summed E-state index contributed by atoms with van der Waals surface area (Å²) in [5.41, 5.74) is 4.48. The zero-order valence-electron chi connectivity index (χ0n) is 16.1. The molecule has 126 valence electrons. The van der Waals surface area contributed by atoms with Crippen molar-refractivity contribution in [2.45, 2.75) is 87.0 Å². The van der Waals surface area contributed by atoms with E-state index in [0.717, 1.165) is 17.8 Å². The van der Waals surface area contributed by atoms with Crippen LogP contribution in [0.5, 0.6) is 0 Å². The second kappa shape index (κ2) is 6.54. The van der Waals surface area contributed by atoms with Crippen molar-refractivity contribution in [3.05, 3.63) is 23.3 Å². The van der Waals surface area contributed by atoms with E-state index in [9.17, 15) is 0 Å². The number of rotatable bonds is 1. The molecule has 1 fully saturated rings. The molecule has 0 heteroatoms. The first-order valence-corrected chi connectivity index (χ1v) is 9.75. The van der Waals surface area contributed by atoms with E-state index >= 15 is 0 Å². The molecule has 0 amide bonds. The third-order valence-corrected chi connectivity index (χ3v) is 6.88. The molecule has 0 spiro atoms. The molecule has 0 radical (unpaired) electrons. The van der Waals surface area contributed by atoms with E-state index in [4.69, 9.17) is 0 Å². The van der Waals surface area contributed by atoms with Crippen molar-refractivity contribution in [3.8, 4) is 0 Å². The molecule has 3 unspecified atom stereocenters. The van der Waals surface area contributed by atoms with E-state index in [1.807, 2.05) is 13.8 Å². The maximum Gasteiger partial charge on any atom is -0.0105 e. The maximum absolute atomic E-state index is 2.62. The minimum absolute atomic E-state index is 0.539. The summed E-state index contributed by atoms with van der Waals surface area (Å²) >= 11 is 0. The van der Waals surface area contributed by atoms with Gasteiger partial charge in [0.2, 0.25) is 0 Å². The van der Waals surface area contributed by atoms with E-state index in [0.29, 0.717) is 10.8 Å². The summed E-state index contributed by atoms with van der Waals surface area (Å²) < 4.78 is 0. The molecule has 1 saturated carbocycles. The quantitative estimate of drug-likeness (QED) is 0.481. The van der Waals surface area contributed by atoms with Gasteiger partial charge < -0.3 is 0 Å². The fraction of sp³-hybridized carbons (Fsp3) is 0.818. The van der Waals surface area contributed by atoms with Crippen LogP contribution in [0, 0.1) is 28.6 Å². The van der Waals surface area contributed by atoms with Crippen molar-refractivity contribution in [3.63, 3.8) is 0 Å². The average molecular weight is 303 g/mol. The van der Waals surface area contributed by atoms with Gasteiger partial charge in [-0.3, -0.25) is 0 Å². The summed E-state index contributed by atoms with van der Waals surface area (Å²) in [6.45, 7) is 16.4. The van der Waals surface area contributed by atoms with Crippen LogP contribution in [0.3, 0.4) is 0 Å². The van der Waals surface area contributed by atoms with Crippen molar-refractivity contribution in [1.82, 2.24) is 0 Å². The summed E-state index contributed by atoms with van der Waals surface area (Å²) in [4.78, 5) is 0. The van der Waals surface area contributed by atoms with Gasteiger partial charge in [-0.05, 0) is 66.3 Å². The smallest absolute Gasteiger partial charge is 0.0105 e. The molecule has 0 heterocycles. The van der Waals surface area contributed by atoms with Gasteiger partial charge in [-0.1, -0.05) is 72.6 Å². The molecular weight excluding hydrogens is 264 g/mol. The Morgan fingerprint density at radius 1 is 1.09 bits per heavy atom. The Morgan fingerprint density at radius 3 is 2.41 bits per heavy atom. The monoisotopic (exact) mass is 302 g/mol. The van der Waals surface area contributed by atoms with E-state index in [2.05, 4.69) is 46.8 Å². The van der Waals surface area contributed by atoms with Crippen molar-refractivity contribution in [2.75, 3.05) is 0 Å². The van der Waals surface area contributed by atoms with Crippen LogP contribution in [0.4, 0.5) is 0 Å². The van der Waals surface area contributed by atoms with Crippen LogP contribution >= 0.6 is 0 Å². The summed E-state index contributed by atoms with van der Waals surface area (Å²) in [6, 6.07) is 0. The van der Waals surface area contributed by atoms with Crippen molar-refractivity contribution < 1.29 is 0 Å². The van der Waals surface area contributed by atoms with Gasteiger partial charge in [-0.2, -0.15) is 0 Å². The van der Waals surface area contributed by atoms with Gasteiger partial charge in [0.15, 0.2) is 0 Å². The zero-order chi connectivity index (χ0) is 16.5. The Morgan fingerprint density at radius 2 is 1.77 bits per heavy atom. The average Bonchev–Trinajstić information content (AvgIpc) is 2.48. The maximum atomic E-state index is 2.62. The minimum Gasteiger partial charge on any atom is -0.0807 e. The van der Waals surface area contributed by atoms with Crippen LogP contribution in [-0.2, 0) is 0 Å². The van der Waals surface area contributed by atoms with Crippen molar-refractivity contribution in [1.29, 1.82) is 0 Å². The van der Waals surface area contributed by atoms with Crippen LogP contribution in [0.15, 0.2) is 23.3 Å². The lowest BCUT2D eigenvalue weighted by Crippen LogP contribution is -2.49. The van der Waals surface area contributed by atoms with Gasteiger partial charge in [-0.15, -0.1) is 0 Å². The molecular formula is C22H38. The fourth-order valence-electron chi connectivity index (χ4n) is 5.66. The number of hydrogen-bond donors (Lipinski definition) is 0. The topological polar surface area (TPSA) is 0 Å². The van der Waals surface area contributed by atoms with Crippen LogP contribution < -0.4 is 0 Å². The fourth-order valence-corrected chi connectivity index (χ4v) is 5.66.